The van der Waals surface area contributed by atoms with E-state index in [1.807, 2.05) is 23.9 Å². The minimum atomic E-state index is 0.625. The number of aryl methyl sites for hydroxylation is 1. The second-order valence-electron chi connectivity index (χ2n) is 4.08. The van der Waals surface area contributed by atoms with Crippen molar-refractivity contribution in [2.24, 2.45) is 12.8 Å². The van der Waals surface area contributed by atoms with E-state index in [1.165, 1.54) is 16.8 Å². The van der Waals surface area contributed by atoms with Crippen molar-refractivity contribution in [3.8, 4) is 11.1 Å². The van der Waals surface area contributed by atoms with Crippen LogP contribution in [0.2, 0.25) is 0 Å². The van der Waals surface area contributed by atoms with Gasteiger partial charge in [0.05, 0.1) is 5.69 Å². The smallest absolute Gasteiger partial charge is 0.0718 e. The van der Waals surface area contributed by atoms with Crippen LogP contribution in [-0.2, 0) is 13.5 Å². The maximum absolute atomic E-state index is 5.63. The predicted octanol–water partition coefficient (Wildman–Crippen LogP) is 2.66. The summed E-state index contributed by atoms with van der Waals surface area (Å²) in [5.74, 6) is 0. The average molecular weight is 294 g/mol. The van der Waals surface area contributed by atoms with Gasteiger partial charge in [0.1, 0.15) is 0 Å². The Hall–Kier alpha value is -1.13. The van der Waals surface area contributed by atoms with Crippen molar-refractivity contribution in [2.45, 2.75) is 13.3 Å². The molecule has 0 unspecified atom stereocenters. The van der Waals surface area contributed by atoms with Crippen molar-refractivity contribution < 1.29 is 0 Å². The van der Waals surface area contributed by atoms with Gasteiger partial charge in [-0.25, -0.2) is 0 Å². The van der Waals surface area contributed by atoms with Crippen LogP contribution in [0.25, 0.3) is 11.1 Å². The molecule has 3 nitrogen and oxygen atoms in total. The zero-order valence-corrected chi connectivity index (χ0v) is 11.7. The lowest BCUT2D eigenvalue weighted by molar-refractivity contribution is 0.718. The second-order valence-corrected chi connectivity index (χ2v) is 4.99. The molecule has 0 spiro atoms. The lowest BCUT2D eigenvalue weighted by Crippen LogP contribution is -2.04. The SMILES string of the molecule is Cc1c(-c2ccc(Br)cc2)c(CCN)nn1C. The summed E-state index contributed by atoms with van der Waals surface area (Å²) in [5, 5.41) is 4.52. The Morgan fingerprint density at radius 3 is 2.53 bits per heavy atom. The highest BCUT2D eigenvalue weighted by Crippen LogP contribution is 2.28. The van der Waals surface area contributed by atoms with Crippen LogP contribution in [0.3, 0.4) is 0 Å². The number of nitrogens with two attached hydrogens (primary N) is 1. The van der Waals surface area contributed by atoms with Crippen LogP contribution >= 0.6 is 15.9 Å². The fourth-order valence-electron chi connectivity index (χ4n) is 1.98. The molecule has 17 heavy (non-hydrogen) atoms. The number of hydrogen-bond donors (Lipinski definition) is 1. The first kappa shape index (κ1) is 12.3. The number of benzene rings is 1. The molecule has 0 saturated carbocycles. The Balaban J connectivity index is 2.53. The molecule has 1 aromatic carbocycles. The van der Waals surface area contributed by atoms with Crippen LogP contribution in [0.5, 0.6) is 0 Å². The van der Waals surface area contributed by atoms with Crippen LogP contribution in [0.15, 0.2) is 28.7 Å². The van der Waals surface area contributed by atoms with Crippen LogP contribution in [0.4, 0.5) is 0 Å². The molecule has 2 N–H and O–H groups in total. The zero-order chi connectivity index (χ0) is 12.4. The zero-order valence-electron chi connectivity index (χ0n) is 10.1. The third-order valence-corrected chi connectivity index (χ3v) is 3.45. The van der Waals surface area contributed by atoms with Crippen LogP contribution in [0.1, 0.15) is 11.4 Å². The van der Waals surface area contributed by atoms with Gasteiger partial charge >= 0.3 is 0 Å². The highest BCUT2D eigenvalue weighted by atomic mass is 79.9. The van der Waals surface area contributed by atoms with E-state index in [9.17, 15) is 0 Å². The maximum atomic E-state index is 5.63. The molecule has 1 aromatic heterocycles. The molecule has 0 aliphatic heterocycles. The van der Waals surface area contributed by atoms with Gasteiger partial charge in [0.15, 0.2) is 0 Å². The minimum absolute atomic E-state index is 0.625. The molecular formula is C13H16BrN3. The second kappa shape index (κ2) is 5.02. The van der Waals surface area contributed by atoms with E-state index in [1.54, 1.807) is 0 Å². The Kier molecular flexibility index (Phi) is 3.64. The first-order chi connectivity index (χ1) is 8.13. The summed E-state index contributed by atoms with van der Waals surface area (Å²) in [6, 6.07) is 8.31. The molecule has 0 amide bonds. The summed E-state index contributed by atoms with van der Waals surface area (Å²) >= 11 is 3.45. The summed E-state index contributed by atoms with van der Waals surface area (Å²) < 4.78 is 3.01. The normalized spacial score (nSPS) is 10.8. The maximum Gasteiger partial charge on any atom is 0.0718 e. The van der Waals surface area contributed by atoms with Crippen LogP contribution in [0, 0.1) is 6.92 Å². The van der Waals surface area contributed by atoms with Gasteiger partial charge in [-0.1, -0.05) is 28.1 Å². The van der Waals surface area contributed by atoms with Crippen LogP contribution < -0.4 is 5.73 Å². The fraction of sp³-hybridized carbons (Fsp3) is 0.308. The quantitative estimate of drug-likeness (QED) is 0.945. The van der Waals surface area contributed by atoms with E-state index in [-0.39, 0.29) is 0 Å². The highest BCUT2D eigenvalue weighted by Gasteiger charge is 2.13. The molecule has 0 aliphatic carbocycles. The molecule has 2 rings (SSSR count). The Morgan fingerprint density at radius 2 is 1.94 bits per heavy atom. The summed E-state index contributed by atoms with van der Waals surface area (Å²) in [5.41, 5.74) is 10.3. The van der Waals surface area contributed by atoms with Crippen LogP contribution in [-0.4, -0.2) is 16.3 Å². The van der Waals surface area contributed by atoms with Gasteiger partial charge < -0.3 is 5.73 Å². The Labute approximate surface area is 110 Å². The largest absolute Gasteiger partial charge is 0.330 e. The molecule has 4 heteroatoms. The van der Waals surface area contributed by atoms with Crippen molar-refractivity contribution in [3.63, 3.8) is 0 Å². The standard InChI is InChI=1S/C13H16BrN3/c1-9-13(10-3-5-11(14)6-4-10)12(7-8-15)16-17(9)2/h3-6H,7-8,15H2,1-2H3. The topological polar surface area (TPSA) is 43.8 Å². The van der Waals surface area contributed by atoms with Crippen molar-refractivity contribution in [1.29, 1.82) is 0 Å². The van der Waals surface area contributed by atoms with Gasteiger partial charge in [-0.2, -0.15) is 5.10 Å². The third kappa shape index (κ3) is 2.42. The first-order valence-corrected chi connectivity index (χ1v) is 6.41. The average Bonchev–Trinajstić information content (AvgIpc) is 2.57. The fourth-order valence-corrected chi connectivity index (χ4v) is 2.24. The highest BCUT2D eigenvalue weighted by molar-refractivity contribution is 9.10. The van der Waals surface area contributed by atoms with Crippen molar-refractivity contribution >= 4 is 15.9 Å². The third-order valence-electron chi connectivity index (χ3n) is 2.92. The number of hydrogen-bond acceptors (Lipinski definition) is 2. The van der Waals surface area contributed by atoms with E-state index in [0.29, 0.717) is 6.54 Å². The van der Waals surface area contributed by atoms with E-state index >= 15 is 0 Å². The lowest BCUT2D eigenvalue weighted by atomic mass is 10.0. The summed E-state index contributed by atoms with van der Waals surface area (Å²) in [4.78, 5) is 0. The van der Waals surface area contributed by atoms with E-state index in [4.69, 9.17) is 5.73 Å². The summed E-state index contributed by atoms with van der Waals surface area (Å²) in [6.45, 7) is 2.71. The molecule has 0 saturated heterocycles. The Bertz CT molecular complexity index is 514. The molecule has 2 aromatic rings. The van der Waals surface area contributed by atoms with Crippen molar-refractivity contribution in [1.82, 2.24) is 9.78 Å². The monoisotopic (exact) mass is 293 g/mol. The van der Waals surface area contributed by atoms with Gasteiger partial charge in [0.2, 0.25) is 0 Å². The number of aromatic nitrogens is 2. The number of rotatable bonds is 3. The van der Waals surface area contributed by atoms with Crippen molar-refractivity contribution in [3.05, 3.63) is 40.1 Å². The summed E-state index contributed by atoms with van der Waals surface area (Å²) in [7, 11) is 1.97. The summed E-state index contributed by atoms with van der Waals surface area (Å²) in [6.07, 6.45) is 0.813. The molecule has 1 heterocycles. The molecule has 0 bridgehead atoms. The molecule has 0 atom stereocenters. The van der Waals surface area contributed by atoms with Gasteiger partial charge in [-0.15, -0.1) is 0 Å². The molecule has 90 valence electrons. The van der Waals surface area contributed by atoms with Gasteiger partial charge in [-0.05, 0) is 31.2 Å². The molecular weight excluding hydrogens is 278 g/mol. The number of halogens is 1. The Morgan fingerprint density at radius 1 is 1.29 bits per heavy atom. The first-order valence-electron chi connectivity index (χ1n) is 5.62. The van der Waals surface area contributed by atoms with Gasteiger partial charge in [0, 0.05) is 29.2 Å². The number of nitrogens with zero attached hydrogens (tertiary/aromatic N) is 2. The van der Waals surface area contributed by atoms with Gasteiger partial charge in [0.25, 0.3) is 0 Å². The predicted molar refractivity (Wildman–Crippen MR) is 73.8 cm³/mol. The van der Waals surface area contributed by atoms with Crippen molar-refractivity contribution in [2.75, 3.05) is 6.54 Å². The molecule has 0 fully saturated rings. The molecule has 0 aliphatic rings. The van der Waals surface area contributed by atoms with E-state index in [0.717, 1.165) is 16.6 Å². The molecule has 0 radical (unpaired) electrons. The lowest BCUT2D eigenvalue weighted by Gasteiger charge is -2.04. The van der Waals surface area contributed by atoms with E-state index in [2.05, 4.69) is 40.1 Å². The van der Waals surface area contributed by atoms with E-state index < -0.39 is 0 Å². The minimum Gasteiger partial charge on any atom is -0.330 e. The van der Waals surface area contributed by atoms with Gasteiger partial charge in [-0.3, -0.25) is 4.68 Å².